The van der Waals surface area contributed by atoms with E-state index in [0.29, 0.717) is 5.56 Å². The molecule has 2 aromatic rings. The van der Waals surface area contributed by atoms with E-state index in [1.165, 1.54) is 10.9 Å². The summed E-state index contributed by atoms with van der Waals surface area (Å²) in [6.45, 7) is 6.35. The van der Waals surface area contributed by atoms with E-state index < -0.39 is 17.7 Å². The molecule has 4 heteroatoms. The van der Waals surface area contributed by atoms with E-state index in [1.807, 2.05) is 12.1 Å². The first-order valence-corrected chi connectivity index (χ1v) is 7.31. The summed E-state index contributed by atoms with van der Waals surface area (Å²) in [7, 11) is 0. The van der Waals surface area contributed by atoms with Gasteiger partial charge in [-0.1, -0.05) is 26.8 Å². The summed E-state index contributed by atoms with van der Waals surface area (Å²) < 4.78 is 26.0. The Morgan fingerprint density at radius 1 is 1.10 bits per heavy atom. The second-order valence-electron chi connectivity index (χ2n) is 5.92. The van der Waals surface area contributed by atoms with Gasteiger partial charge >= 0.3 is 0 Å². The summed E-state index contributed by atoms with van der Waals surface area (Å²) in [6.07, 6.45) is -0.414. The van der Waals surface area contributed by atoms with Gasteiger partial charge in [-0.25, -0.2) is 8.78 Å². The van der Waals surface area contributed by atoms with Crippen LogP contribution >= 0.6 is 11.3 Å². The van der Waals surface area contributed by atoms with Gasteiger partial charge in [-0.2, -0.15) is 0 Å². The van der Waals surface area contributed by atoms with Crippen LogP contribution in [0.1, 0.15) is 42.2 Å². The standard InChI is InChI=1S/C16H18F2OS/c1-16(2,3)15-7-6-14(20-15)13(19)9-10-4-5-11(17)12(18)8-10/h4-8,13,19H,9H2,1-3H3. The largest absolute Gasteiger partial charge is 0.387 e. The SMILES string of the molecule is CC(C)(C)c1ccc(C(O)Cc2ccc(F)c(F)c2)s1. The van der Waals surface area contributed by atoms with Crippen LogP contribution in [0, 0.1) is 11.6 Å². The van der Waals surface area contributed by atoms with Crippen LogP contribution in [0.25, 0.3) is 0 Å². The van der Waals surface area contributed by atoms with Crippen molar-refractivity contribution in [3.63, 3.8) is 0 Å². The summed E-state index contributed by atoms with van der Waals surface area (Å²) in [5.41, 5.74) is 0.632. The van der Waals surface area contributed by atoms with Gasteiger partial charge in [0, 0.05) is 16.2 Å². The third kappa shape index (κ3) is 3.44. The summed E-state index contributed by atoms with van der Waals surface area (Å²) in [5, 5.41) is 10.2. The summed E-state index contributed by atoms with van der Waals surface area (Å²) >= 11 is 1.56. The van der Waals surface area contributed by atoms with Crippen molar-refractivity contribution in [2.75, 3.05) is 0 Å². The maximum Gasteiger partial charge on any atom is 0.159 e. The minimum absolute atomic E-state index is 0.0463. The number of rotatable bonds is 3. The molecule has 0 fully saturated rings. The molecule has 0 saturated carbocycles. The Morgan fingerprint density at radius 3 is 2.35 bits per heavy atom. The molecule has 0 radical (unpaired) electrons. The fourth-order valence-corrected chi connectivity index (χ4v) is 2.98. The van der Waals surface area contributed by atoms with Gasteiger partial charge in [0.2, 0.25) is 0 Å². The molecule has 1 N–H and O–H groups in total. The molecule has 1 nitrogen and oxygen atoms in total. The first kappa shape index (κ1) is 15.1. The molecular weight excluding hydrogens is 278 g/mol. The van der Waals surface area contributed by atoms with Crippen LogP contribution in [-0.2, 0) is 11.8 Å². The Balaban J connectivity index is 2.13. The summed E-state index contributed by atoms with van der Waals surface area (Å²) in [5.74, 6) is -1.74. The quantitative estimate of drug-likeness (QED) is 0.877. The van der Waals surface area contributed by atoms with Gasteiger partial charge in [0.1, 0.15) is 0 Å². The zero-order valence-corrected chi connectivity index (χ0v) is 12.6. The Labute approximate surface area is 121 Å². The van der Waals surface area contributed by atoms with Gasteiger partial charge in [0.25, 0.3) is 0 Å². The van der Waals surface area contributed by atoms with Crippen molar-refractivity contribution in [2.45, 2.75) is 38.7 Å². The van der Waals surface area contributed by atoms with E-state index in [4.69, 9.17) is 0 Å². The minimum Gasteiger partial charge on any atom is -0.387 e. The molecule has 0 bridgehead atoms. The number of aliphatic hydroxyl groups is 1. The highest BCUT2D eigenvalue weighted by Gasteiger charge is 2.19. The lowest BCUT2D eigenvalue weighted by Crippen LogP contribution is -2.08. The lowest BCUT2D eigenvalue weighted by Gasteiger charge is -2.15. The molecule has 108 valence electrons. The van der Waals surface area contributed by atoms with Gasteiger partial charge in [0.15, 0.2) is 11.6 Å². The Morgan fingerprint density at radius 2 is 1.80 bits per heavy atom. The van der Waals surface area contributed by atoms with Crippen molar-refractivity contribution >= 4 is 11.3 Å². The van der Waals surface area contributed by atoms with Crippen molar-refractivity contribution < 1.29 is 13.9 Å². The van der Waals surface area contributed by atoms with Gasteiger partial charge < -0.3 is 5.11 Å². The Kier molecular flexibility index (Phi) is 4.25. The Hall–Kier alpha value is -1.26. The number of aliphatic hydroxyl groups excluding tert-OH is 1. The van der Waals surface area contributed by atoms with E-state index in [0.717, 1.165) is 17.0 Å². The lowest BCUT2D eigenvalue weighted by molar-refractivity contribution is 0.182. The van der Waals surface area contributed by atoms with E-state index in [9.17, 15) is 13.9 Å². The predicted molar refractivity (Wildman–Crippen MR) is 78.0 cm³/mol. The first-order valence-electron chi connectivity index (χ1n) is 6.49. The highest BCUT2D eigenvalue weighted by atomic mass is 32.1. The van der Waals surface area contributed by atoms with Crippen molar-refractivity contribution in [1.29, 1.82) is 0 Å². The average molecular weight is 296 g/mol. The highest BCUT2D eigenvalue weighted by molar-refractivity contribution is 7.12. The zero-order chi connectivity index (χ0) is 14.9. The Bertz CT molecular complexity index is 599. The van der Waals surface area contributed by atoms with E-state index in [2.05, 4.69) is 20.8 Å². The average Bonchev–Trinajstić information content (AvgIpc) is 2.83. The molecule has 1 aromatic heterocycles. The second kappa shape index (κ2) is 5.62. The van der Waals surface area contributed by atoms with Crippen LogP contribution in [0.15, 0.2) is 30.3 Å². The molecule has 1 aromatic carbocycles. The van der Waals surface area contributed by atoms with Crippen LogP contribution in [0.4, 0.5) is 8.78 Å². The molecule has 0 aliphatic carbocycles. The molecule has 0 aliphatic heterocycles. The fourth-order valence-electron chi connectivity index (χ4n) is 1.93. The number of hydrogen-bond acceptors (Lipinski definition) is 2. The van der Waals surface area contributed by atoms with Gasteiger partial charge in [-0.3, -0.25) is 0 Å². The molecule has 1 heterocycles. The normalized spacial score (nSPS) is 13.5. The number of hydrogen-bond donors (Lipinski definition) is 1. The monoisotopic (exact) mass is 296 g/mol. The molecule has 2 rings (SSSR count). The highest BCUT2D eigenvalue weighted by Crippen LogP contribution is 2.33. The zero-order valence-electron chi connectivity index (χ0n) is 11.8. The third-order valence-electron chi connectivity index (χ3n) is 3.11. The molecular formula is C16H18F2OS. The predicted octanol–water partition coefficient (Wildman–Crippen LogP) is 4.60. The molecule has 20 heavy (non-hydrogen) atoms. The van der Waals surface area contributed by atoms with Crippen LogP contribution in [-0.4, -0.2) is 5.11 Å². The van der Waals surface area contributed by atoms with Crippen molar-refractivity contribution in [1.82, 2.24) is 0 Å². The molecule has 0 amide bonds. The third-order valence-corrected chi connectivity index (χ3v) is 4.72. The smallest absolute Gasteiger partial charge is 0.159 e. The summed E-state index contributed by atoms with van der Waals surface area (Å²) in [6, 6.07) is 7.63. The van der Waals surface area contributed by atoms with Gasteiger partial charge in [0.05, 0.1) is 6.10 Å². The lowest BCUT2D eigenvalue weighted by atomic mass is 9.95. The van der Waals surface area contributed by atoms with Crippen molar-refractivity contribution in [3.8, 4) is 0 Å². The molecule has 0 spiro atoms. The van der Waals surface area contributed by atoms with Gasteiger partial charge in [-0.05, 0) is 35.2 Å². The molecule has 1 atom stereocenters. The fraction of sp³-hybridized carbons (Fsp3) is 0.375. The second-order valence-corrected chi connectivity index (χ2v) is 7.04. The summed E-state index contributed by atoms with van der Waals surface area (Å²) in [4.78, 5) is 2.04. The van der Waals surface area contributed by atoms with Crippen LogP contribution < -0.4 is 0 Å². The van der Waals surface area contributed by atoms with E-state index in [-0.39, 0.29) is 11.8 Å². The van der Waals surface area contributed by atoms with Crippen LogP contribution in [0.3, 0.4) is 0 Å². The molecule has 0 aliphatic rings. The molecule has 0 saturated heterocycles. The van der Waals surface area contributed by atoms with Gasteiger partial charge in [-0.15, -0.1) is 11.3 Å². The van der Waals surface area contributed by atoms with Crippen molar-refractivity contribution in [2.24, 2.45) is 0 Å². The topological polar surface area (TPSA) is 20.2 Å². The minimum atomic E-state index is -0.878. The van der Waals surface area contributed by atoms with Crippen LogP contribution in [0.5, 0.6) is 0 Å². The van der Waals surface area contributed by atoms with E-state index in [1.54, 1.807) is 11.3 Å². The first-order chi connectivity index (χ1) is 9.27. The van der Waals surface area contributed by atoms with Crippen LogP contribution in [0.2, 0.25) is 0 Å². The number of halogens is 2. The molecule has 1 unspecified atom stereocenters. The van der Waals surface area contributed by atoms with E-state index >= 15 is 0 Å². The number of benzene rings is 1. The van der Waals surface area contributed by atoms with Crippen molar-refractivity contribution in [3.05, 3.63) is 57.3 Å². The number of thiophene rings is 1. The maximum absolute atomic E-state index is 13.1. The maximum atomic E-state index is 13.1.